The zero-order chi connectivity index (χ0) is 13.3. The topological polar surface area (TPSA) is 38.3 Å². The van der Waals surface area contributed by atoms with E-state index in [4.69, 9.17) is 4.74 Å². The molecule has 0 spiro atoms. The Hall–Kier alpha value is -0.570. The number of hydrogen-bond donors (Lipinski definition) is 1. The molecule has 0 aromatic carbocycles. The van der Waals surface area contributed by atoms with Crippen molar-refractivity contribution in [3.8, 4) is 0 Å². The lowest BCUT2D eigenvalue weighted by atomic mass is 9.75. The minimum absolute atomic E-state index is 0.00296. The summed E-state index contributed by atoms with van der Waals surface area (Å²) in [4.78, 5) is 12.2. The highest BCUT2D eigenvalue weighted by Crippen LogP contribution is 2.46. The molecule has 0 aliphatic heterocycles. The summed E-state index contributed by atoms with van der Waals surface area (Å²) in [6.45, 7) is 10.2. The molecule has 1 aliphatic rings. The number of nitrogens with one attached hydrogen (secondary N) is 1. The normalized spacial score (nSPS) is 20.4. The minimum Gasteiger partial charge on any atom is -0.457 e. The van der Waals surface area contributed by atoms with Gasteiger partial charge in [0, 0.05) is 5.41 Å². The summed E-state index contributed by atoms with van der Waals surface area (Å²) in [6.07, 6.45) is 4.29. The third-order valence-corrected chi connectivity index (χ3v) is 4.20. The van der Waals surface area contributed by atoms with Crippen LogP contribution in [0, 0.1) is 5.41 Å². The summed E-state index contributed by atoms with van der Waals surface area (Å²) in [5, 5.41) is 3.01. The zero-order valence-corrected chi connectivity index (χ0v) is 12.1. The Morgan fingerprint density at radius 3 is 1.94 bits per heavy atom. The van der Waals surface area contributed by atoms with Crippen LogP contribution in [0.2, 0.25) is 0 Å². The Labute approximate surface area is 105 Å². The molecule has 0 saturated heterocycles. The van der Waals surface area contributed by atoms with Crippen molar-refractivity contribution in [2.75, 3.05) is 7.05 Å². The first-order valence-corrected chi connectivity index (χ1v) is 6.57. The van der Waals surface area contributed by atoms with Gasteiger partial charge < -0.3 is 10.1 Å². The number of carbonyl (C=O) groups excluding carboxylic acids is 1. The van der Waals surface area contributed by atoms with Crippen LogP contribution in [0.25, 0.3) is 0 Å². The molecule has 0 atom stereocenters. The van der Waals surface area contributed by atoms with E-state index in [2.05, 4.69) is 26.1 Å². The number of esters is 1. The quantitative estimate of drug-likeness (QED) is 0.772. The number of ether oxygens (including phenoxy) is 1. The van der Waals surface area contributed by atoms with E-state index in [-0.39, 0.29) is 17.0 Å². The standard InChI is InChI=1S/C14H27NO2/c1-12(2,3)14(9-7-8-10-14)17-11(16)13(4,5)15-6/h15H,7-10H2,1-6H3. The summed E-state index contributed by atoms with van der Waals surface area (Å²) in [5.74, 6) is -0.142. The summed E-state index contributed by atoms with van der Waals surface area (Å²) in [5.41, 5.74) is -0.887. The largest absolute Gasteiger partial charge is 0.457 e. The first-order valence-electron chi connectivity index (χ1n) is 6.57. The van der Waals surface area contributed by atoms with E-state index < -0.39 is 5.54 Å². The highest BCUT2D eigenvalue weighted by atomic mass is 16.6. The fraction of sp³-hybridized carbons (Fsp3) is 0.929. The average molecular weight is 241 g/mol. The van der Waals surface area contributed by atoms with Gasteiger partial charge in [-0.2, -0.15) is 0 Å². The number of likely N-dealkylation sites (N-methyl/N-ethyl adjacent to an activating group) is 1. The molecule has 3 heteroatoms. The van der Waals surface area contributed by atoms with Gasteiger partial charge in [-0.05, 0) is 46.6 Å². The Morgan fingerprint density at radius 1 is 1.12 bits per heavy atom. The van der Waals surface area contributed by atoms with Crippen LogP contribution in [0.3, 0.4) is 0 Å². The molecule has 1 aliphatic carbocycles. The third kappa shape index (κ3) is 2.82. The fourth-order valence-electron chi connectivity index (χ4n) is 2.36. The van der Waals surface area contributed by atoms with Crippen molar-refractivity contribution in [1.82, 2.24) is 5.32 Å². The molecule has 1 N–H and O–H groups in total. The molecule has 0 bridgehead atoms. The van der Waals surface area contributed by atoms with Crippen molar-refractivity contribution in [3.63, 3.8) is 0 Å². The van der Waals surface area contributed by atoms with Gasteiger partial charge in [0.25, 0.3) is 0 Å². The molecule has 0 radical (unpaired) electrons. The van der Waals surface area contributed by atoms with E-state index >= 15 is 0 Å². The first kappa shape index (κ1) is 14.5. The number of rotatable bonds is 3. The second-order valence-electron chi connectivity index (χ2n) is 6.72. The lowest BCUT2D eigenvalue weighted by Gasteiger charge is -2.42. The van der Waals surface area contributed by atoms with Gasteiger partial charge in [0.05, 0.1) is 0 Å². The Bertz CT molecular complexity index is 283. The molecule has 1 saturated carbocycles. The van der Waals surface area contributed by atoms with Crippen LogP contribution in [0.4, 0.5) is 0 Å². The van der Waals surface area contributed by atoms with E-state index in [0.29, 0.717) is 0 Å². The molecular formula is C14H27NO2. The number of hydrogen-bond acceptors (Lipinski definition) is 3. The van der Waals surface area contributed by atoms with E-state index in [1.54, 1.807) is 7.05 Å². The van der Waals surface area contributed by atoms with Gasteiger partial charge in [0.15, 0.2) is 0 Å². The molecule has 3 nitrogen and oxygen atoms in total. The first-order chi connectivity index (χ1) is 7.65. The summed E-state index contributed by atoms with van der Waals surface area (Å²) < 4.78 is 5.92. The molecule has 0 aromatic heterocycles. The van der Waals surface area contributed by atoms with Gasteiger partial charge in [-0.15, -0.1) is 0 Å². The van der Waals surface area contributed by atoms with Gasteiger partial charge in [-0.3, -0.25) is 4.79 Å². The predicted octanol–water partition coefficient (Wildman–Crippen LogP) is 2.89. The highest BCUT2D eigenvalue weighted by Gasteiger charge is 2.49. The summed E-state index contributed by atoms with van der Waals surface area (Å²) in [6, 6.07) is 0. The molecule has 1 fully saturated rings. The molecule has 0 unspecified atom stereocenters. The van der Waals surface area contributed by atoms with Crippen LogP contribution in [-0.4, -0.2) is 24.2 Å². The van der Waals surface area contributed by atoms with Crippen LogP contribution < -0.4 is 5.32 Å². The minimum atomic E-state index is -0.610. The van der Waals surface area contributed by atoms with Crippen LogP contribution in [0.5, 0.6) is 0 Å². The van der Waals surface area contributed by atoms with Crippen molar-refractivity contribution in [3.05, 3.63) is 0 Å². The van der Waals surface area contributed by atoms with Gasteiger partial charge in [-0.1, -0.05) is 20.8 Å². The van der Waals surface area contributed by atoms with Crippen molar-refractivity contribution in [2.24, 2.45) is 5.41 Å². The van der Waals surface area contributed by atoms with E-state index in [1.807, 2.05) is 13.8 Å². The van der Waals surface area contributed by atoms with Gasteiger partial charge >= 0.3 is 5.97 Å². The maximum absolute atomic E-state index is 12.2. The molecule has 0 amide bonds. The molecule has 0 heterocycles. The smallest absolute Gasteiger partial charge is 0.326 e. The highest BCUT2D eigenvalue weighted by molar-refractivity contribution is 5.80. The molecule has 100 valence electrons. The predicted molar refractivity (Wildman–Crippen MR) is 69.9 cm³/mol. The second kappa shape index (κ2) is 4.60. The van der Waals surface area contributed by atoms with Crippen LogP contribution >= 0.6 is 0 Å². The van der Waals surface area contributed by atoms with Gasteiger partial charge in [0.2, 0.25) is 0 Å². The molecule has 0 aromatic rings. The molecule has 17 heavy (non-hydrogen) atoms. The second-order valence-corrected chi connectivity index (χ2v) is 6.72. The lowest BCUT2D eigenvalue weighted by molar-refractivity contribution is -0.179. The monoisotopic (exact) mass is 241 g/mol. The maximum Gasteiger partial charge on any atom is 0.326 e. The van der Waals surface area contributed by atoms with Crippen molar-refractivity contribution in [2.45, 2.75) is 71.4 Å². The Balaban J connectivity index is 2.86. The zero-order valence-electron chi connectivity index (χ0n) is 12.1. The average Bonchev–Trinajstić information content (AvgIpc) is 2.66. The van der Waals surface area contributed by atoms with E-state index in [0.717, 1.165) is 25.7 Å². The SMILES string of the molecule is CNC(C)(C)C(=O)OC1(C(C)(C)C)CCCC1. The Morgan fingerprint density at radius 2 is 1.59 bits per heavy atom. The van der Waals surface area contributed by atoms with Crippen molar-refractivity contribution < 1.29 is 9.53 Å². The maximum atomic E-state index is 12.2. The number of carbonyl (C=O) groups is 1. The van der Waals surface area contributed by atoms with Crippen LogP contribution in [0.1, 0.15) is 60.3 Å². The summed E-state index contributed by atoms with van der Waals surface area (Å²) >= 11 is 0. The molecule has 1 rings (SSSR count). The van der Waals surface area contributed by atoms with Crippen molar-refractivity contribution >= 4 is 5.97 Å². The van der Waals surface area contributed by atoms with Crippen molar-refractivity contribution in [1.29, 1.82) is 0 Å². The van der Waals surface area contributed by atoms with E-state index in [9.17, 15) is 4.79 Å². The lowest BCUT2D eigenvalue weighted by Crippen LogP contribution is -2.52. The summed E-state index contributed by atoms with van der Waals surface area (Å²) in [7, 11) is 1.79. The fourth-order valence-corrected chi connectivity index (χ4v) is 2.36. The van der Waals surface area contributed by atoms with Crippen LogP contribution in [-0.2, 0) is 9.53 Å². The van der Waals surface area contributed by atoms with Gasteiger partial charge in [0.1, 0.15) is 11.1 Å². The van der Waals surface area contributed by atoms with E-state index in [1.165, 1.54) is 0 Å². The van der Waals surface area contributed by atoms with Gasteiger partial charge in [-0.25, -0.2) is 0 Å². The Kier molecular flexibility index (Phi) is 3.92. The van der Waals surface area contributed by atoms with Crippen LogP contribution in [0.15, 0.2) is 0 Å². The third-order valence-electron chi connectivity index (χ3n) is 4.20. The molecular weight excluding hydrogens is 214 g/mol.